The minimum absolute atomic E-state index is 0.211. The summed E-state index contributed by atoms with van der Waals surface area (Å²) in [6.07, 6.45) is 1.66. The highest BCUT2D eigenvalue weighted by Crippen LogP contribution is 2.19. The van der Waals surface area contributed by atoms with Gasteiger partial charge in [0, 0.05) is 12.3 Å². The van der Waals surface area contributed by atoms with Crippen molar-refractivity contribution in [3.8, 4) is 11.6 Å². The molecule has 0 radical (unpaired) electrons. The fourth-order valence-electron chi connectivity index (χ4n) is 1.93. The number of methoxy groups -OCH3 is 1. The number of H-pyrrole nitrogens is 1. The van der Waals surface area contributed by atoms with E-state index in [1.807, 2.05) is 24.3 Å². The molecule has 1 N–H and O–H groups in total. The molecule has 0 amide bonds. The second-order valence-electron chi connectivity index (χ2n) is 3.84. The molecule has 0 aliphatic rings. The van der Waals surface area contributed by atoms with Crippen LogP contribution in [-0.4, -0.2) is 21.6 Å². The van der Waals surface area contributed by atoms with E-state index in [1.54, 1.807) is 25.4 Å². The van der Waals surface area contributed by atoms with Crippen LogP contribution in [0.5, 0.6) is 5.75 Å². The molecule has 90 valence electrons. The predicted molar refractivity (Wildman–Crippen MR) is 68.2 cm³/mol. The monoisotopic (exact) mass is 241 g/mol. The quantitative estimate of drug-likeness (QED) is 0.743. The Morgan fingerprint density at radius 1 is 1.28 bits per heavy atom. The van der Waals surface area contributed by atoms with E-state index in [4.69, 9.17) is 4.74 Å². The molecule has 5 nitrogen and oxygen atoms in total. The van der Waals surface area contributed by atoms with Gasteiger partial charge in [-0.25, -0.2) is 14.3 Å². The van der Waals surface area contributed by atoms with Crippen LogP contribution >= 0.6 is 0 Å². The van der Waals surface area contributed by atoms with Gasteiger partial charge < -0.3 is 9.72 Å². The summed E-state index contributed by atoms with van der Waals surface area (Å²) in [5, 5.41) is 0. The van der Waals surface area contributed by atoms with Gasteiger partial charge in [-0.2, -0.15) is 0 Å². The summed E-state index contributed by atoms with van der Waals surface area (Å²) in [4.78, 5) is 18.9. The molecule has 0 fully saturated rings. The van der Waals surface area contributed by atoms with E-state index in [-0.39, 0.29) is 5.69 Å². The van der Waals surface area contributed by atoms with Crippen molar-refractivity contribution in [1.82, 2.24) is 14.5 Å². The average molecular weight is 241 g/mol. The van der Waals surface area contributed by atoms with Gasteiger partial charge in [0.05, 0.1) is 18.1 Å². The summed E-state index contributed by atoms with van der Waals surface area (Å²) in [7, 11) is 1.59. The van der Waals surface area contributed by atoms with Crippen LogP contribution in [0.2, 0.25) is 0 Å². The third-order valence-corrected chi connectivity index (χ3v) is 2.77. The van der Waals surface area contributed by atoms with E-state index in [2.05, 4.69) is 9.97 Å². The molecular formula is C13H11N3O2. The number of rotatable bonds is 2. The third kappa shape index (κ3) is 1.57. The Morgan fingerprint density at radius 2 is 2.17 bits per heavy atom. The van der Waals surface area contributed by atoms with E-state index < -0.39 is 0 Å². The van der Waals surface area contributed by atoms with Crippen molar-refractivity contribution < 1.29 is 4.74 Å². The highest BCUT2D eigenvalue weighted by Gasteiger charge is 2.09. The van der Waals surface area contributed by atoms with Crippen molar-refractivity contribution in [2.45, 2.75) is 0 Å². The van der Waals surface area contributed by atoms with Crippen LogP contribution in [0.4, 0.5) is 0 Å². The topological polar surface area (TPSA) is 59.9 Å². The Hall–Kier alpha value is -2.56. The lowest BCUT2D eigenvalue weighted by atomic mass is 10.3. The number of aromatic nitrogens is 3. The smallest absolute Gasteiger partial charge is 0.332 e. The molecular weight excluding hydrogens is 230 g/mol. The maximum absolute atomic E-state index is 12.0. The first-order valence-corrected chi connectivity index (χ1v) is 5.50. The fourth-order valence-corrected chi connectivity index (χ4v) is 1.93. The predicted octanol–water partition coefficient (Wildman–Crippen LogP) is 1.72. The lowest BCUT2D eigenvalue weighted by Crippen LogP contribution is -2.15. The first-order chi connectivity index (χ1) is 8.79. The number of benzene rings is 1. The summed E-state index contributed by atoms with van der Waals surface area (Å²) >= 11 is 0. The summed E-state index contributed by atoms with van der Waals surface area (Å²) in [5.41, 5.74) is 1.29. The zero-order chi connectivity index (χ0) is 12.5. The number of nitrogens with zero attached hydrogens (tertiary/aromatic N) is 2. The Labute approximate surface area is 103 Å². The second-order valence-corrected chi connectivity index (χ2v) is 3.84. The molecule has 0 saturated heterocycles. The minimum atomic E-state index is -0.211. The molecule has 2 aromatic heterocycles. The number of fused-ring (bicyclic) bond motifs is 1. The van der Waals surface area contributed by atoms with Gasteiger partial charge in [-0.15, -0.1) is 0 Å². The zero-order valence-corrected chi connectivity index (χ0v) is 9.75. The van der Waals surface area contributed by atoms with Crippen LogP contribution in [0.1, 0.15) is 0 Å². The van der Waals surface area contributed by atoms with Crippen molar-refractivity contribution in [1.29, 1.82) is 0 Å². The summed E-state index contributed by atoms with van der Waals surface area (Å²) in [6, 6.07) is 10.9. The van der Waals surface area contributed by atoms with Gasteiger partial charge in [0.15, 0.2) is 0 Å². The maximum atomic E-state index is 12.0. The van der Waals surface area contributed by atoms with E-state index >= 15 is 0 Å². The Bertz CT molecular complexity index is 744. The molecule has 0 aliphatic carbocycles. The van der Waals surface area contributed by atoms with Crippen LogP contribution in [-0.2, 0) is 0 Å². The minimum Gasteiger partial charge on any atom is -0.497 e. The van der Waals surface area contributed by atoms with Crippen molar-refractivity contribution in [3.05, 3.63) is 53.1 Å². The number of pyridine rings is 1. The zero-order valence-electron chi connectivity index (χ0n) is 9.75. The van der Waals surface area contributed by atoms with Gasteiger partial charge >= 0.3 is 5.69 Å². The van der Waals surface area contributed by atoms with Crippen molar-refractivity contribution in [3.63, 3.8) is 0 Å². The van der Waals surface area contributed by atoms with Gasteiger partial charge in [0.1, 0.15) is 11.6 Å². The van der Waals surface area contributed by atoms with Gasteiger partial charge in [0.2, 0.25) is 0 Å². The highest BCUT2D eigenvalue weighted by molar-refractivity contribution is 5.78. The van der Waals surface area contributed by atoms with Crippen LogP contribution in [0, 0.1) is 0 Å². The highest BCUT2D eigenvalue weighted by atomic mass is 16.5. The Kier molecular flexibility index (Phi) is 2.37. The SMILES string of the molecule is COc1ccc2c(c1)[nH]c(=O)n2-c1ccccn1. The van der Waals surface area contributed by atoms with Crippen LogP contribution in [0.15, 0.2) is 47.4 Å². The Balaban J connectivity index is 2.30. The number of ether oxygens (including phenoxy) is 1. The van der Waals surface area contributed by atoms with E-state index in [1.165, 1.54) is 4.57 Å². The van der Waals surface area contributed by atoms with Gasteiger partial charge in [0.25, 0.3) is 0 Å². The van der Waals surface area contributed by atoms with Gasteiger partial charge in [-0.3, -0.25) is 0 Å². The fraction of sp³-hybridized carbons (Fsp3) is 0.0769. The molecule has 0 bridgehead atoms. The second kappa shape index (κ2) is 4.03. The number of aromatic amines is 1. The molecule has 1 aromatic carbocycles. The lowest BCUT2D eigenvalue weighted by Gasteiger charge is -2.02. The first kappa shape index (κ1) is 10.6. The van der Waals surface area contributed by atoms with Crippen LogP contribution in [0.3, 0.4) is 0 Å². The number of nitrogens with one attached hydrogen (secondary N) is 1. The first-order valence-electron chi connectivity index (χ1n) is 5.50. The number of hydrogen-bond donors (Lipinski definition) is 1. The molecule has 18 heavy (non-hydrogen) atoms. The molecule has 0 atom stereocenters. The summed E-state index contributed by atoms with van der Waals surface area (Å²) in [5.74, 6) is 1.30. The van der Waals surface area contributed by atoms with Crippen molar-refractivity contribution in [2.24, 2.45) is 0 Å². The van der Waals surface area contributed by atoms with Crippen molar-refractivity contribution in [2.75, 3.05) is 7.11 Å². The van der Waals surface area contributed by atoms with Crippen LogP contribution in [0.25, 0.3) is 16.9 Å². The van der Waals surface area contributed by atoms with E-state index in [9.17, 15) is 4.79 Å². The van der Waals surface area contributed by atoms with E-state index in [0.717, 1.165) is 11.0 Å². The maximum Gasteiger partial charge on any atom is 0.332 e. The van der Waals surface area contributed by atoms with E-state index in [0.29, 0.717) is 11.6 Å². The number of imidazole rings is 1. The van der Waals surface area contributed by atoms with Crippen LogP contribution < -0.4 is 10.4 Å². The van der Waals surface area contributed by atoms with Gasteiger partial charge in [-0.05, 0) is 24.3 Å². The number of hydrogen-bond acceptors (Lipinski definition) is 3. The van der Waals surface area contributed by atoms with Gasteiger partial charge in [-0.1, -0.05) is 6.07 Å². The standard InChI is InChI=1S/C13H11N3O2/c1-18-9-5-6-11-10(8-9)15-13(17)16(11)12-4-2-3-7-14-12/h2-8H,1H3,(H,15,17). The Morgan fingerprint density at radius 3 is 2.89 bits per heavy atom. The normalized spacial score (nSPS) is 10.7. The third-order valence-electron chi connectivity index (χ3n) is 2.77. The summed E-state index contributed by atoms with van der Waals surface area (Å²) < 4.78 is 6.67. The molecule has 0 aliphatic heterocycles. The molecule has 3 aromatic rings. The molecule has 3 rings (SSSR count). The molecule has 2 heterocycles. The molecule has 0 spiro atoms. The lowest BCUT2D eigenvalue weighted by molar-refractivity contribution is 0.415. The summed E-state index contributed by atoms with van der Waals surface area (Å²) in [6.45, 7) is 0. The molecule has 0 unspecified atom stereocenters. The molecule has 5 heteroatoms. The van der Waals surface area contributed by atoms with Crippen molar-refractivity contribution >= 4 is 11.0 Å². The molecule has 0 saturated carbocycles. The largest absolute Gasteiger partial charge is 0.497 e. The average Bonchev–Trinajstić information content (AvgIpc) is 2.74.